The average molecular weight is 290 g/mol. The molecule has 3 aromatic rings. The first-order chi connectivity index (χ1) is 9.79. The summed E-state index contributed by atoms with van der Waals surface area (Å²) >= 11 is 4.03. The van der Waals surface area contributed by atoms with E-state index in [9.17, 15) is 4.79 Å². The van der Waals surface area contributed by atoms with Gasteiger partial charge in [0.15, 0.2) is 11.5 Å². The number of fused-ring (bicyclic) bond motifs is 1. The van der Waals surface area contributed by atoms with Gasteiger partial charge in [0.1, 0.15) is 0 Å². The fraction of sp³-hybridized carbons (Fsp3) is 0.200. The third-order valence-electron chi connectivity index (χ3n) is 2.57. The summed E-state index contributed by atoms with van der Waals surface area (Å²) in [6, 6.07) is 0. The second-order valence-corrected chi connectivity index (χ2v) is 4.31. The largest absolute Gasteiger partial charge is 0.351 e. The van der Waals surface area contributed by atoms with Crippen LogP contribution in [0.2, 0.25) is 0 Å². The maximum atomic E-state index is 11.8. The lowest BCUT2D eigenvalue weighted by Crippen LogP contribution is -2.24. The quantitative estimate of drug-likeness (QED) is 0.620. The highest BCUT2D eigenvalue weighted by atomic mass is 32.1. The number of tetrazole rings is 1. The summed E-state index contributed by atoms with van der Waals surface area (Å²) in [6.07, 6.45) is 6.15. The molecule has 3 rings (SSSR count). The number of carbonyl (C=O) groups is 1. The maximum Gasteiger partial charge on any atom is 0.254 e. The van der Waals surface area contributed by atoms with Gasteiger partial charge in [-0.15, -0.1) is 5.10 Å². The number of amides is 1. The molecule has 0 saturated carbocycles. The van der Waals surface area contributed by atoms with Crippen LogP contribution in [0.15, 0.2) is 24.8 Å². The Kier molecular flexibility index (Phi) is 3.29. The molecule has 0 aliphatic heterocycles. The lowest BCUT2D eigenvalue weighted by molar-refractivity contribution is 0.0956. The van der Waals surface area contributed by atoms with Crippen molar-refractivity contribution >= 4 is 24.2 Å². The SMILES string of the molecule is O=C(NCCS)c1cnn(-c2cncc3nnnn23)c1. The van der Waals surface area contributed by atoms with Crippen molar-refractivity contribution in [2.75, 3.05) is 12.3 Å². The van der Waals surface area contributed by atoms with Crippen LogP contribution in [0.5, 0.6) is 0 Å². The summed E-state index contributed by atoms with van der Waals surface area (Å²) in [5, 5.41) is 18.0. The van der Waals surface area contributed by atoms with E-state index < -0.39 is 0 Å². The molecular weight excluding hydrogens is 280 g/mol. The topological polar surface area (TPSA) is 103 Å². The number of aromatic nitrogens is 7. The molecule has 3 heterocycles. The van der Waals surface area contributed by atoms with Crippen LogP contribution in [0.25, 0.3) is 11.5 Å². The van der Waals surface area contributed by atoms with Crippen LogP contribution in [0.1, 0.15) is 10.4 Å². The second-order valence-electron chi connectivity index (χ2n) is 3.87. The van der Waals surface area contributed by atoms with Crippen molar-refractivity contribution in [2.45, 2.75) is 0 Å². The fourth-order valence-corrected chi connectivity index (χ4v) is 1.77. The predicted octanol–water partition coefficient (Wildman–Crippen LogP) is -0.635. The van der Waals surface area contributed by atoms with Crippen LogP contribution in [-0.2, 0) is 0 Å². The van der Waals surface area contributed by atoms with Crippen LogP contribution in [0.3, 0.4) is 0 Å². The molecule has 102 valence electrons. The van der Waals surface area contributed by atoms with Gasteiger partial charge in [-0.05, 0) is 10.4 Å². The van der Waals surface area contributed by atoms with Crippen molar-refractivity contribution in [3.63, 3.8) is 0 Å². The van der Waals surface area contributed by atoms with Crippen LogP contribution in [0.4, 0.5) is 0 Å². The van der Waals surface area contributed by atoms with E-state index in [-0.39, 0.29) is 5.91 Å². The first-order valence-corrected chi connectivity index (χ1v) is 6.39. The Hall–Kier alpha value is -2.49. The summed E-state index contributed by atoms with van der Waals surface area (Å²) in [7, 11) is 0. The molecule has 0 spiro atoms. The number of nitrogens with zero attached hydrogens (tertiary/aromatic N) is 7. The molecule has 10 heteroatoms. The molecule has 0 aromatic carbocycles. The number of hydrogen-bond acceptors (Lipinski definition) is 7. The molecule has 0 bridgehead atoms. The van der Waals surface area contributed by atoms with Gasteiger partial charge in [-0.1, -0.05) is 0 Å². The van der Waals surface area contributed by atoms with Gasteiger partial charge in [-0.2, -0.15) is 22.2 Å². The van der Waals surface area contributed by atoms with Gasteiger partial charge in [0.05, 0.1) is 24.2 Å². The summed E-state index contributed by atoms with van der Waals surface area (Å²) in [4.78, 5) is 15.8. The summed E-state index contributed by atoms with van der Waals surface area (Å²) < 4.78 is 2.97. The number of thiol groups is 1. The maximum absolute atomic E-state index is 11.8. The van der Waals surface area contributed by atoms with E-state index >= 15 is 0 Å². The van der Waals surface area contributed by atoms with Crippen molar-refractivity contribution in [2.24, 2.45) is 0 Å². The number of carbonyl (C=O) groups excluding carboxylic acids is 1. The zero-order valence-corrected chi connectivity index (χ0v) is 11.1. The molecule has 20 heavy (non-hydrogen) atoms. The van der Waals surface area contributed by atoms with Gasteiger partial charge >= 0.3 is 0 Å². The van der Waals surface area contributed by atoms with Crippen LogP contribution in [0, 0.1) is 0 Å². The van der Waals surface area contributed by atoms with Crippen LogP contribution < -0.4 is 5.32 Å². The molecule has 0 saturated heterocycles. The smallest absolute Gasteiger partial charge is 0.254 e. The zero-order valence-electron chi connectivity index (χ0n) is 10.2. The Morgan fingerprint density at radius 2 is 2.25 bits per heavy atom. The Bertz CT molecular complexity index is 750. The molecule has 0 fully saturated rings. The van der Waals surface area contributed by atoms with E-state index in [0.717, 1.165) is 0 Å². The van der Waals surface area contributed by atoms with Crippen LogP contribution in [-0.4, -0.2) is 53.0 Å². The molecule has 0 aliphatic carbocycles. The monoisotopic (exact) mass is 290 g/mol. The number of rotatable bonds is 4. The highest BCUT2D eigenvalue weighted by Crippen LogP contribution is 2.07. The Morgan fingerprint density at radius 3 is 3.10 bits per heavy atom. The standard InChI is InChI=1S/C10H10N8OS/c19-10(12-1-2-20)7-3-13-17(6-7)9-5-11-4-8-14-15-16-18(8)9/h3-6,20H,1-2H2,(H,12,19). The minimum absolute atomic E-state index is 0.206. The van der Waals surface area contributed by atoms with E-state index in [1.54, 1.807) is 12.4 Å². The molecule has 1 amide bonds. The van der Waals surface area contributed by atoms with Gasteiger partial charge in [0, 0.05) is 18.5 Å². The van der Waals surface area contributed by atoms with Crippen molar-refractivity contribution in [1.29, 1.82) is 0 Å². The molecule has 9 nitrogen and oxygen atoms in total. The second kappa shape index (κ2) is 5.25. The molecular formula is C10H10N8OS. The van der Waals surface area contributed by atoms with Gasteiger partial charge in [-0.3, -0.25) is 9.78 Å². The van der Waals surface area contributed by atoms with Crippen molar-refractivity contribution in [1.82, 2.24) is 40.1 Å². The normalized spacial score (nSPS) is 10.8. The molecule has 3 aromatic heterocycles. The molecule has 0 unspecified atom stereocenters. The van der Waals surface area contributed by atoms with Crippen molar-refractivity contribution in [3.05, 3.63) is 30.4 Å². The summed E-state index contributed by atoms with van der Waals surface area (Å²) in [5.74, 6) is 0.913. The van der Waals surface area contributed by atoms with E-state index in [0.29, 0.717) is 29.3 Å². The number of nitrogens with one attached hydrogen (secondary N) is 1. The van der Waals surface area contributed by atoms with Gasteiger partial charge in [0.25, 0.3) is 5.91 Å². The average Bonchev–Trinajstić information content (AvgIpc) is 3.12. The third kappa shape index (κ3) is 2.20. The molecule has 1 N–H and O–H groups in total. The van der Waals surface area contributed by atoms with Gasteiger partial charge in [0.2, 0.25) is 0 Å². The van der Waals surface area contributed by atoms with Gasteiger partial charge in [-0.25, -0.2) is 4.68 Å². The van der Waals surface area contributed by atoms with Crippen LogP contribution >= 0.6 is 12.6 Å². The lowest BCUT2D eigenvalue weighted by Gasteiger charge is -2.01. The van der Waals surface area contributed by atoms with Crippen molar-refractivity contribution in [3.8, 4) is 5.82 Å². The summed E-state index contributed by atoms with van der Waals surface area (Å²) in [6.45, 7) is 0.497. The summed E-state index contributed by atoms with van der Waals surface area (Å²) in [5.41, 5.74) is 0.941. The molecule has 0 atom stereocenters. The predicted molar refractivity (Wildman–Crippen MR) is 71.9 cm³/mol. The minimum atomic E-state index is -0.206. The van der Waals surface area contributed by atoms with E-state index in [4.69, 9.17) is 0 Å². The third-order valence-corrected chi connectivity index (χ3v) is 2.79. The van der Waals surface area contributed by atoms with E-state index in [2.05, 4.69) is 43.6 Å². The Morgan fingerprint density at radius 1 is 1.35 bits per heavy atom. The highest BCUT2D eigenvalue weighted by Gasteiger charge is 2.11. The fourth-order valence-electron chi connectivity index (χ4n) is 1.66. The first kappa shape index (κ1) is 12.5. The molecule has 0 aliphatic rings. The molecule has 0 radical (unpaired) electrons. The van der Waals surface area contributed by atoms with E-state index in [1.807, 2.05) is 0 Å². The number of hydrogen-bond donors (Lipinski definition) is 2. The van der Waals surface area contributed by atoms with Crippen molar-refractivity contribution < 1.29 is 4.79 Å². The zero-order chi connectivity index (χ0) is 13.9. The lowest BCUT2D eigenvalue weighted by atomic mass is 10.3. The first-order valence-electron chi connectivity index (χ1n) is 5.76. The Labute approximate surface area is 118 Å². The Balaban J connectivity index is 1.94. The van der Waals surface area contributed by atoms with Gasteiger partial charge < -0.3 is 5.32 Å². The van der Waals surface area contributed by atoms with E-state index in [1.165, 1.54) is 21.6 Å². The highest BCUT2D eigenvalue weighted by molar-refractivity contribution is 7.80. The minimum Gasteiger partial charge on any atom is -0.351 e.